The maximum Gasteiger partial charge on any atom is 0.257 e. The van der Waals surface area contributed by atoms with E-state index in [1.807, 2.05) is 36.4 Å². The Bertz CT molecular complexity index is 1050. The number of benzene rings is 2. The average molecular weight is 395 g/mol. The Labute approximate surface area is 165 Å². The summed E-state index contributed by atoms with van der Waals surface area (Å²) in [7, 11) is -3.67. The molecule has 7 heteroatoms. The van der Waals surface area contributed by atoms with Crippen LogP contribution in [-0.4, -0.2) is 25.4 Å². The second kappa shape index (κ2) is 7.95. The van der Waals surface area contributed by atoms with Crippen LogP contribution in [0.25, 0.3) is 16.0 Å². The number of amidine groups is 1. The highest BCUT2D eigenvalue weighted by atomic mass is 32.2. The van der Waals surface area contributed by atoms with Crippen LogP contribution >= 0.6 is 0 Å². The molecule has 1 aliphatic rings. The van der Waals surface area contributed by atoms with Gasteiger partial charge in [-0.15, -0.1) is 4.40 Å². The zero-order valence-corrected chi connectivity index (χ0v) is 16.5. The summed E-state index contributed by atoms with van der Waals surface area (Å²) in [5, 5.41) is 1.99. The molecule has 0 aromatic heterocycles. The molecular formula is C21H21N3O3S. The molecule has 1 fully saturated rings. The first-order valence-electron chi connectivity index (χ1n) is 9.01. The Kier molecular flexibility index (Phi) is 5.61. The monoisotopic (exact) mass is 395 g/mol. The summed E-state index contributed by atoms with van der Waals surface area (Å²) in [6.45, 7) is 10.1. The lowest BCUT2D eigenvalue weighted by Gasteiger charge is -2.25. The number of hydrogen-bond acceptors (Lipinski definition) is 3. The third-order valence-corrected chi connectivity index (χ3v) is 6.36. The van der Waals surface area contributed by atoms with Crippen LogP contribution in [0.2, 0.25) is 0 Å². The first kappa shape index (κ1) is 19.8. The summed E-state index contributed by atoms with van der Waals surface area (Å²) in [4.78, 5) is 15.2. The predicted molar refractivity (Wildman–Crippen MR) is 110 cm³/mol. The zero-order valence-electron chi connectivity index (χ0n) is 15.7. The van der Waals surface area contributed by atoms with Crippen LogP contribution in [0.4, 0.5) is 5.69 Å². The van der Waals surface area contributed by atoms with Crippen LogP contribution < -0.4 is 5.32 Å². The van der Waals surface area contributed by atoms with E-state index in [4.69, 9.17) is 6.57 Å². The smallest absolute Gasteiger partial charge is 0.257 e. The molecule has 0 radical (unpaired) electrons. The van der Waals surface area contributed by atoms with E-state index in [0.717, 1.165) is 16.7 Å². The Hall–Kier alpha value is -2.98. The van der Waals surface area contributed by atoms with Crippen molar-refractivity contribution in [3.05, 3.63) is 65.5 Å². The Morgan fingerprint density at radius 3 is 2.18 bits per heavy atom. The first-order valence-corrected chi connectivity index (χ1v) is 10.5. The summed E-state index contributed by atoms with van der Waals surface area (Å²) >= 11 is 0. The molecule has 3 rings (SSSR count). The largest absolute Gasteiger partial charge is 0.313 e. The van der Waals surface area contributed by atoms with E-state index in [1.165, 1.54) is 0 Å². The summed E-state index contributed by atoms with van der Waals surface area (Å²) in [5.41, 5.74) is 3.48. The highest BCUT2D eigenvalue weighted by molar-refractivity contribution is 7.90. The van der Waals surface area contributed by atoms with Crippen LogP contribution in [0.5, 0.6) is 0 Å². The van der Waals surface area contributed by atoms with Crippen LogP contribution in [-0.2, 0) is 14.8 Å². The molecule has 1 saturated heterocycles. The quantitative estimate of drug-likeness (QED) is 0.794. The number of carbonyl (C=O) groups is 1. The maximum atomic E-state index is 12.2. The van der Waals surface area contributed by atoms with E-state index in [2.05, 4.69) is 14.6 Å². The van der Waals surface area contributed by atoms with Crippen LogP contribution in [0.1, 0.15) is 38.2 Å². The molecule has 1 unspecified atom stereocenters. The number of rotatable bonds is 4. The van der Waals surface area contributed by atoms with Crippen molar-refractivity contribution in [2.45, 2.75) is 37.9 Å². The van der Waals surface area contributed by atoms with Crippen molar-refractivity contribution in [3.8, 4) is 11.1 Å². The van der Waals surface area contributed by atoms with Crippen molar-refractivity contribution in [1.29, 1.82) is 0 Å². The molecule has 6 nitrogen and oxygen atoms in total. The summed E-state index contributed by atoms with van der Waals surface area (Å²) in [5.74, 6) is -0.297. The van der Waals surface area contributed by atoms with Crippen molar-refractivity contribution in [2.75, 3.05) is 0 Å². The molecule has 0 saturated carbocycles. The highest BCUT2D eigenvalue weighted by Crippen LogP contribution is 2.29. The summed E-state index contributed by atoms with van der Waals surface area (Å²) < 4.78 is 28.3. The van der Waals surface area contributed by atoms with Crippen molar-refractivity contribution >= 4 is 27.5 Å². The van der Waals surface area contributed by atoms with E-state index in [0.29, 0.717) is 18.5 Å². The fourth-order valence-electron chi connectivity index (χ4n) is 2.99. The zero-order chi connectivity index (χ0) is 20.3. The lowest BCUT2D eigenvalue weighted by molar-refractivity contribution is -0.120. The van der Waals surface area contributed by atoms with Gasteiger partial charge in [0.2, 0.25) is 5.91 Å². The molecule has 0 bridgehead atoms. The first-order chi connectivity index (χ1) is 13.3. The number of carbonyl (C=O) groups excluding carboxylic acids is 1. The van der Waals surface area contributed by atoms with Gasteiger partial charge in [0.15, 0.2) is 5.69 Å². The van der Waals surface area contributed by atoms with Crippen molar-refractivity contribution in [1.82, 2.24) is 5.32 Å². The fraction of sp³-hybridized carbons (Fsp3) is 0.286. The van der Waals surface area contributed by atoms with Crippen LogP contribution in [0, 0.1) is 6.57 Å². The molecule has 1 heterocycles. The number of amides is 1. The minimum absolute atomic E-state index is 0.194. The Morgan fingerprint density at radius 2 is 1.64 bits per heavy atom. The van der Waals surface area contributed by atoms with Gasteiger partial charge in [0.25, 0.3) is 10.0 Å². The molecule has 0 spiro atoms. The lowest BCUT2D eigenvalue weighted by atomic mass is 9.89. The molecule has 2 aromatic rings. The van der Waals surface area contributed by atoms with E-state index in [-0.39, 0.29) is 17.7 Å². The van der Waals surface area contributed by atoms with Gasteiger partial charge in [-0.05, 0) is 37.0 Å². The standard InChI is InChI=1S/C21H21N3O3S/c1-14(2)28(26,27)24-21-19(12-13-20(25)23-21)17-6-4-15(5-7-17)16-8-10-18(22-3)11-9-16/h4-11,14,19H,12-13H2,1-2H3,(H,23,24,25). The third-order valence-electron chi connectivity index (χ3n) is 4.72. The number of nitrogens with zero attached hydrogens (tertiary/aromatic N) is 2. The number of sulfonamides is 1. The topological polar surface area (TPSA) is 80.0 Å². The second-order valence-electron chi connectivity index (χ2n) is 6.96. The van der Waals surface area contributed by atoms with Gasteiger partial charge < -0.3 is 5.32 Å². The molecule has 1 aliphatic heterocycles. The van der Waals surface area contributed by atoms with Gasteiger partial charge in [-0.25, -0.2) is 13.3 Å². The predicted octanol–water partition coefficient (Wildman–Crippen LogP) is 4.03. The number of piperidine rings is 1. The maximum absolute atomic E-state index is 12.2. The van der Waals surface area contributed by atoms with Gasteiger partial charge in [0, 0.05) is 12.3 Å². The normalized spacial score (nSPS) is 18.7. The van der Waals surface area contributed by atoms with Gasteiger partial charge in [-0.2, -0.15) is 0 Å². The van der Waals surface area contributed by atoms with Gasteiger partial charge in [0.05, 0.1) is 11.8 Å². The molecular weight excluding hydrogens is 374 g/mol. The van der Waals surface area contributed by atoms with Crippen LogP contribution in [0.15, 0.2) is 52.9 Å². The molecule has 0 aliphatic carbocycles. The number of hydrogen-bond donors (Lipinski definition) is 1. The molecule has 2 aromatic carbocycles. The van der Waals surface area contributed by atoms with Crippen molar-refractivity contribution in [3.63, 3.8) is 0 Å². The molecule has 1 amide bonds. The fourth-order valence-corrected chi connectivity index (χ4v) is 3.65. The third kappa shape index (κ3) is 4.29. The Balaban J connectivity index is 1.91. The highest BCUT2D eigenvalue weighted by Gasteiger charge is 2.29. The Morgan fingerprint density at radius 1 is 1.07 bits per heavy atom. The molecule has 144 valence electrons. The van der Waals surface area contributed by atoms with Gasteiger partial charge in [-0.1, -0.05) is 48.5 Å². The van der Waals surface area contributed by atoms with Crippen molar-refractivity contribution < 1.29 is 13.2 Å². The van der Waals surface area contributed by atoms with Gasteiger partial charge in [-0.3, -0.25) is 4.79 Å². The van der Waals surface area contributed by atoms with Gasteiger partial charge >= 0.3 is 0 Å². The number of nitrogens with one attached hydrogen (secondary N) is 1. The minimum atomic E-state index is -3.67. The molecule has 1 N–H and O–H groups in total. The van der Waals surface area contributed by atoms with E-state index < -0.39 is 15.3 Å². The average Bonchev–Trinajstić information content (AvgIpc) is 2.68. The van der Waals surface area contributed by atoms with E-state index >= 15 is 0 Å². The summed E-state index contributed by atoms with van der Waals surface area (Å²) in [6.07, 6.45) is 0.836. The van der Waals surface area contributed by atoms with Crippen LogP contribution in [0.3, 0.4) is 0 Å². The lowest BCUT2D eigenvalue weighted by Crippen LogP contribution is -2.40. The van der Waals surface area contributed by atoms with Gasteiger partial charge in [0.1, 0.15) is 5.84 Å². The second-order valence-corrected chi connectivity index (χ2v) is 9.12. The van der Waals surface area contributed by atoms with E-state index in [1.54, 1.807) is 26.0 Å². The molecule has 1 atom stereocenters. The minimum Gasteiger partial charge on any atom is -0.313 e. The molecule has 28 heavy (non-hydrogen) atoms. The summed E-state index contributed by atoms with van der Waals surface area (Å²) in [6, 6.07) is 15.1. The van der Waals surface area contributed by atoms with E-state index in [9.17, 15) is 13.2 Å². The SMILES string of the molecule is [C-]#[N+]c1ccc(-c2ccc(C3CCC(=O)NC3=NS(=O)(=O)C(C)C)cc2)cc1. The van der Waals surface area contributed by atoms with Crippen molar-refractivity contribution in [2.24, 2.45) is 4.40 Å².